The van der Waals surface area contributed by atoms with Crippen LogP contribution in [0.3, 0.4) is 0 Å². The summed E-state index contributed by atoms with van der Waals surface area (Å²) in [7, 11) is 1.61. The molecule has 2 atom stereocenters. The van der Waals surface area contributed by atoms with Crippen molar-refractivity contribution in [2.45, 2.75) is 30.6 Å². The van der Waals surface area contributed by atoms with Gasteiger partial charge in [-0.2, -0.15) is 0 Å². The van der Waals surface area contributed by atoms with Crippen LogP contribution in [-0.4, -0.2) is 53.5 Å². The molecule has 2 heterocycles. The quantitative estimate of drug-likeness (QED) is 0.230. The van der Waals surface area contributed by atoms with E-state index in [9.17, 15) is 23.1 Å². The Labute approximate surface area is 223 Å². The third-order valence-electron chi connectivity index (χ3n) is 6.92. The number of pyridine rings is 1. The number of carbonyl (C=O) groups is 1. The van der Waals surface area contributed by atoms with E-state index >= 15 is 0 Å². The highest BCUT2D eigenvalue weighted by Crippen LogP contribution is 2.33. The van der Waals surface area contributed by atoms with Crippen molar-refractivity contribution in [2.75, 3.05) is 32.5 Å². The number of aliphatic carboxylic acids is 1. The molecule has 0 amide bonds. The average molecular weight is 553 g/mol. The van der Waals surface area contributed by atoms with Crippen LogP contribution < -0.4 is 4.74 Å². The molecule has 1 aliphatic heterocycles. The molecular formula is C27H28ClF3N2O3S. The van der Waals surface area contributed by atoms with Crippen LogP contribution in [0, 0.1) is 29.3 Å². The van der Waals surface area contributed by atoms with Gasteiger partial charge < -0.3 is 14.7 Å². The molecule has 1 N–H and O–H groups in total. The second kappa shape index (κ2) is 12.4. The molecule has 1 aromatic heterocycles. The second-order valence-electron chi connectivity index (χ2n) is 9.20. The number of aryl methyl sites for hydroxylation is 1. The minimum Gasteiger partial charge on any atom is -0.497 e. The van der Waals surface area contributed by atoms with Gasteiger partial charge in [-0.25, -0.2) is 13.2 Å². The van der Waals surface area contributed by atoms with Crippen LogP contribution in [0.15, 0.2) is 41.4 Å². The Hall–Kier alpha value is -2.49. The third-order valence-corrected chi connectivity index (χ3v) is 8.24. The summed E-state index contributed by atoms with van der Waals surface area (Å²) in [5.74, 6) is -3.31. The summed E-state index contributed by atoms with van der Waals surface area (Å²) < 4.78 is 46.1. The molecule has 0 radical (unpaired) electrons. The van der Waals surface area contributed by atoms with E-state index in [-0.39, 0.29) is 10.8 Å². The Morgan fingerprint density at radius 1 is 1.27 bits per heavy atom. The number of benzene rings is 2. The van der Waals surface area contributed by atoms with E-state index < -0.39 is 29.3 Å². The fourth-order valence-corrected chi connectivity index (χ4v) is 6.18. The van der Waals surface area contributed by atoms with Gasteiger partial charge in [0.1, 0.15) is 11.6 Å². The molecule has 37 heavy (non-hydrogen) atoms. The lowest BCUT2D eigenvalue weighted by Gasteiger charge is -2.36. The van der Waals surface area contributed by atoms with E-state index in [4.69, 9.17) is 16.3 Å². The molecule has 0 spiro atoms. The number of carboxylic acids is 1. The van der Waals surface area contributed by atoms with Crippen molar-refractivity contribution in [1.82, 2.24) is 9.88 Å². The van der Waals surface area contributed by atoms with Crippen molar-refractivity contribution >= 4 is 40.2 Å². The van der Waals surface area contributed by atoms with Gasteiger partial charge in [0.05, 0.1) is 23.6 Å². The van der Waals surface area contributed by atoms with Gasteiger partial charge in [-0.1, -0.05) is 11.6 Å². The minimum absolute atomic E-state index is 0.0255. The number of aromatic nitrogens is 1. The molecule has 2 aromatic carbocycles. The van der Waals surface area contributed by atoms with E-state index in [1.165, 1.54) is 0 Å². The highest BCUT2D eigenvalue weighted by molar-refractivity contribution is 7.99. The van der Waals surface area contributed by atoms with Gasteiger partial charge in [0, 0.05) is 41.4 Å². The monoisotopic (exact) mass is 552 g/mol. The Balaban J connectivity index is 1.33. The van der Waals surface area contributed by atoms with Gasteiger partial charge in [-0.15, -0.1) is 11.8 Å². The molecule has 3 aromatic rings. The molecule has 0 aliphatic carbocycles. The van der Waals surface area contributed by atoms with Gasteiger partial charge >= 0.3 is 5.97 Å². The van der Waals surface area contributed by atoms with E-state index in [0.29, 0.717) is 42.9 Å². The summed E-state index contributed by atoms with van der Waals surface area (Å²) in [6.45, 7) is 1.60. The molecule has 1 saturated heterocycles. The van der Waals surface area contributed by atoms with E-state index in [0.717, 1.165) is 59.3 Å². The van der Waals surface area contributed by atoms with E-state index in [2.05, 4.69) is 4.98 Å². The van der Waals surface area contributed by atoms with Gasteiger partial charge in [0.25, 0.3) is 0 Å². The van der Waals surface area contributed by atoms with Gasteiger partial charge in [0.15, 0.2) is 11.6 Å². The smallest absolute Gasteiger partial charge is 0.308 e. The number of halogens is 4. The fourth-order valence-electron chi connectivity index (χ4n) is 4.94. The molecule has 5 nitrogen and oxygen atoms in total. The SMILES string of the molecule is COc1ccc2ncc(Cl)c(CCC[C@H]3CCN(CCSc4cc(F)cc(F)c4F)C[C@H]3C(=O)O)c2c1. The number of hydrogen-bond acceptors (Lipinski definition) is 5. The third kappa shape index (κ3) is 6.69. The number of thioether (sulfide) groups is 1. The lowest BCUT2D eigenvalue weighted by atomic mass is 9.81. The Morgan fingerprint density at radius 3 is 2.84 bits per heavy atom. The molecule has 0 unspecified atom stereocenters. The molecule has 198 valence electrons. The Bertz CT molecular complexity index is 1280. The maximum atomic E-state index is 13.9. The van der Waals surface area contributed by atoms with Crippen LogP contribution in [0.2, 0.25) is 5.02 Å². The van der Waals surface area contributed by atoms with Gasteiger partial charge in [-0.3, -0.25) is 9.78 Å². The Morgan fingerprint density at radius 2 is 2.08 bits per heavy atom. The first kappa shape index (κ1) is 27.5. The number of piperidine rings is 1. The number of fused-ring (bicyclic) bond motifs is 1. The number of likely N-dealkylation sites (tertiary alicyclic amines) is 1. The van der Waals surface area contributed by atoms with Crippen molar-refractivity contribution < 1.29 is 27.8 Å². The van der Waals surface area contributed by atoms with Crippen molar-refractivity contribution in [3.05, 3.63) is 64.6 Å². The molecule has 0 saturated carbocycles. The van der Waals surface area contributed by atoms with Gasteiger partial charge in [-0.05, 0) is 68.0 Å². The van der Waals surface area contributed by atoms with Crippen LogP contribution in [0.5, 0.6) is 5.75 Å². The van der Waals surface area contributed by atoms with Crippen molar-refractivity contribution in [3.8, 4) is 5.75 Å². The summed E-state index contributed by atoms with van der Waals surface area (Å²) in [5, 5.41) is 11.4. The summed E-state index contributed by atoms with van der Waals surface area (Å²) in [4.78, 5) is 18.4. The number of nitrogens with zero attached hydrogens (tertiary/aromatic N) is 2. The highest BCUT2D eigenvalue weighted by Gasteiger charge is 2.33. The highest BCUT2D eigenvalue weighted by atomic mass is 35.5. The molecule has 10 heteroatoms. The molecule has 1 aliphatic rings. The maximum absolute atomic E-state index is 13.9. The lowest BCUT2D eigenvalue weighted by molar-refractivity contribution is -0.146. The van der Waals surface area contributed by atoms with E-state index in [1.54, 1.807) is 13.3 Å². The summed E-state index contributed by atoms with van der Waals surface area (Å²) in [5.41, 5.74) is 1.81. The first-order valence-electron chi connectivity index (χ1n) is 12.1. The normalized spacial score (nSPS) is 18.3. The van der Waals surface area contributed by atoms with Crippen molar-refractivity contribution in [3.63, 3.8) is 0 Å². The van der Waals surface area contributed by atoms with Crippen LogP contribution >= 0.6 is 23.4 Å². The first-order chi connectivity index (χ1) is 17.8. The summed E-state index contributed by atoms with van der Waals surface area (Å²) in [6.07, 6.45) is 4.60. The zero-order chi connectivity index (χ0) is 26.5. The topological polar surface area (TPSA) is 62.7 Å². The standard InChI is InChI=1S/C27H28ClF3N2O3S/c1-36-18-5-6-24-20(13-18)19(22(28)14-32-24)4-2-3-16-7-8-33(15-21(16)27(34)35)9-10-37-25-12-17(29)11-23(30)26(25)31/h5-6,11-14,16,21H,2-4,7-10,15H2,1H3,(H,34,35)/t16-,21+/m0/s1. The van der Waals surface area contributed by atoms with Crippen LogP contribution in [0.25, 0.3) is 10.9 Å². The number of carboxylic acid groups (broad SMARTS) is 1. The molecule has 4 rings (SSSR count). The molecular weight excluding hydrogens is 525 g/mol. The van der Waals surface area contributed by atoms with Crippen LogP contribution in [0.1, 0.15) is 24.8 Å². The predicted octanol–water partition coefficient (Wildman–Crippen LogP) is 6.45. The lowest BCUT2D eigenvalue weighted by Crippen LogP contribution is -2.44. The van der Waals surface area contributed by atoms with Crippen LogP contribution in [0.4, 0.5) is 13.2 Å². The van der Waals surface area contributed by atoms with Crippen molar-refractivity contribution in [1.29, 1.82) is 0 Å². The zero-order valence-corrected chi connectivity index (χ0v) is 21.9. The summed E-state index contributed by atoms with van der Waals surface area (Å²) >= 11 is 7.49. The van der Waals surface area contributed by atoms with Crippen LogP contribution in [-0.2, 0) is 11.2 Å². The number of rotatable bonds is 10. The van der Waals surface area contributed by atoms with E-state index in [1.807, 2.05) is 23.1 Å². The maximum Gasteiger partial charge on any atom is 0.308 e. The number of ether oxygens (including phenoxy) is 1. The number of methoxy groups -OCH3 is 1. The minimum atomic E-state index is -1.21. The fraction of sp³-hybridized carbons (Fsp3) is 0.407. The second-order valence-corrected chi connectivity index (χ2v) is 10.7. The zero-order valence-electron chi connectivity index (χ0n) is 20.4. The molecule has 0 bridgehead atoms. The molecule has 1 fully saturated rings. The number of hydrogen-bond donors (Lipinski definition) is 1. The van der Waals surface area contributed by atoms with Gasteiger partial charge in [0.2, 0.25) is 0 Å². The predicted molar refractivity (Wildman–Crippen MR) is 139 cm³/mol. The summed E-state index contributed by atoms with van der Waals surface area (Å²) in [6, 6.07) is 7.16. The van der Waals surface area contributed by atoms with Crippen molar-refractivity contribution in [2.24, 2.45) is 11.8 Å². The average Bonchev–Trinajstić information content (AvgIpc) is 2.88. The largest absolute Gasteiger partial charge is 0.497 e. The Kier molecular flexibility index (Phi) is 9.21. The first-order valence-corrected chi connectivity index (χ1v) is 13.5.